The first-order valence-electron chi connectivity index (χ1n) is 6.00. The number of amides is 2. The summed E-state index contributed by atoms with van der Waals surface area (Å²) in [6.07, 6.45) is 3.57. The van der Waals surface area contributed by atoms with Crippen molar-refractivity contribution in [3.8, 4) is 5.69 Å². The van der Waals surface area contributed by atoms with Crippen LogP contribution in [0.1, 0.15) is 24.1 Å². The molecule has 2 rings (SSSR count). The predicted octanol–water partition coefficient (Wildman–Crippen LogP) is 1.90. The molecule has 2 amide bonds. The minimum atomic E-state index is -0.544. The van der Waals surface area contributed by atoms with Gasteiger partial charge in [0.25, 0.3) is 0 Å². The van der Waals surface area contributed by atoms with E-state index in [0.29, 0.717) is 6.54 Å². The van der Waals surface area contributed by atoms with E-state index in [9.17, 15) is 4.79 Å². The summed E-state index contributed by atoms with van der Waals surface area (Å²) in [7, 11) is 0. The summed E-state index contributed by atoms with van der Waals surface area (Å²) in [6, 6.07) is 6.97. The van der Waals surface area contributed by atoms with Crippen molar-refractivity contribution in [1.82, 2.24) is 15.1 Å². The molecule has 5 N–H and O–H groups in total. The Balaban J connectivity index is 0.00000200. The van der Waals surface area contributed by atoms with Gasteiger partial charge in [-0.3, -0.25) is 0 Å². The zero-order valence-corrected chi connectivity index (χ0v) is 13.2. The van der Waals surface area contributed by atoms with Gasteiger partial charge in [0.1, 0.15) is 0 Å². The molecule has 1 aromatic carbocycles. The molecule has 1 heterocycles. The standard InChI is InChI=1S/C13H17N5O.2ClH/c1-9(17-13(15)19)10-3-4-12(11(7-10)8-14)18-6-2-5-16-18;;/h2-7,9H,8,14H2,1H3,(H3,15,17,19);2*1H. The van der Waals surface area contributed by atoms with Crippen molar-refractivity contribution in [2.24, 2.45) is 11.5 Å². The number of benzene rings is 1. The second-order valence-electron chi connectivity index (χ2n) is 4.27. The smallest absolute Gasteiger partial charge is 0.312 e. The van der Waals surface area contributed by atoms with Gasteiger partial charge in [0.2, 0.25) is 0 Å². The summed E-state index contributed by atoms with van der Waals surface area (Å²) in [5.41, 5.74) is 13.7. The van der Waals surface area contributed by atoms with Gasteiger partial charge >= 0.3 is 6.03 Å². The number of primary amides is 1. The fourth-order valence-electron chi connectivity index (χ4n) is 1.97. The Morgan fingerprint density at radius 1 is 1.43 bits per heavy atom. The number of nitrogens with one attached hydrogen (secondary N) is 1. The summed E-state index contributed by atoms with van der Waals surface area (Å²) in [4.78, 5) is 10.9. The van der Waals surface area contributed by atoms with E-state index in [2.05, 4.69) is 10.4 Å². The predicted molar refractivity (Wildman–Crippen MR) is 87.1 cm³/mol. The quantitative estimate of drug-likeness (QED) is 0.797. The van der Waals surface area contributed by atoms with Crippen molar-refractivity contribution in [3.63, 3.8) is 0 Å². The van der Waals surface area contributed by atoms with Crippen molar-refractivity contribution in [1.29, 1.82) is 0 Å². The number of hydrogen-bond acceptors (Lipinski definition) is 3. The van der Waals surface area contributed by atoms with E-state index >= 15 is 0 Å². The third kappa shape index (κ3) is 4.63. The van der Waals surface area contributed by atoms with Crippen molar-refractivity contribution in [3.05, 3.63) is 47.8 Å². The lowest BCUT2D eigenvalue weighted by atomic mass is 10.0. The zero-order chi connectivity index (χ0) is 13.8. The van der Waals surface area contributed by atoms with Crippen molar-refractivity contribution < 1.29 is 4.79 Å². The fourth-order valence-corrected chi connectivity index (χ4v) is 1.97. The molecule has 21 heavy (non-hydrogen) atoms. The minimum absolute atomic E-state index is 0. The van der Waals surface area contributed by atoms with Crippen LogP contribution >= 0.6 is 24.8 Å². The Bertz CT molecular complexity index is 574. The van der Waals surface area contributed by atoms with Crippen LogP contribution in [0, 0.1) is 0 Å². The highest BCUT2D eigenvalue weighted by Gasteiger charge is 2.10. The molecule has 0 spiro atoms. The average Bonchev–Trinajstić information content (AvgIpc) is 2.90. The summed E-state index contributed by atoms with van der Waals surface area (Å²) >= 11 is 0. The lowest BCUT2D eigenvalue weighted by molar-refractivity contribution is 0.246. The molecule has 8 heteroatoms. The van der Waals surface area contributed by atoms with Crippen LogP contribution in [0.4, 0.5) is 4.79 Å². The molecule has 0 radical (unpaired) electrons. The lowest BCUT2D eigenvalue weighted by Gasteiger charge is -2.15. The Labute approximate surface area is 135 Å². The Kier molecular flexibility index (Phi) is 7.80. The zero-order valence-electron chi connectivity index (χ0n) is 11.5. The van der Waals surface area contributed by atoms with Crippen LogP contribution in [0.25, 0.3) is 5.69 Å². The number of nitrogens with two attached hydrogens (primary N) is 2. The van der Waals surface area contributed by atoms with E-state index in [1.807, 2.05) is 37.4 Å². The fraction of sp³-hybridized carbons (Fsp3) is 0.231. The SMILES string of the molecule is CC(NC(N)=O)c1ccc(-n2cccn2)c(CN)c1.Cl.Cl. The highest BCUT2D eigenvalue weighted by molar-refractivity contribution is 5.85. The number of aromatic nitrogens is 2. The highest BCUT2D eigenvalue weighted by Crippen LogP contribution is 2.20. The van der Waals surface area contributed by atoms with Crippen molar-refractivity contribution in [2.45, 2.75) is 19.5 Å². The van der Waals surface area contributed by atoms with Crippen LogP contribution in [0.15, 0.2) is 36.7 Å². The van der Waals surface area contributed by atoms with Gasteiger partial charge in [-0.15, -0.1) is 24.8 Å². The minimum Gasteiger partial charge on any atom is -0.352 e. The number of carbonyl (C=O) groups is 1. The normalized spacial score (nSPS) is 11.0. The van der Waals surface area contributed by atoms with Gasteiger partial charge in [0.15, 0.2) is 0 Å². The molecule has 1 aromatic heterocycles. The Morgan fingerprint density at radius 2 is 2.14 bits per heavy atom. The lowest BCUT2D eigenvalue weighted by Crippen LogP contribution is -2.31. The number of rotatable bonds is 4. The first-order chi connectivity index (χ1) is 9.11. The summed E-state index contributed by atoms with van der Waals surface area (Å²) in [5, 5.41) is 6.83. The number of urea groups is 1. The summed E-state index contributed by atoms with van der Waals surface area (Å²) < 4.78 is 1.76. The molecule has 1 unspecified atom stereocenters. The molecule has 0 aliphatic rings. The number of nitrogens with zero attached hydrogens (tertiary/aromatic N) is 2. The van der Waals surface area contributed by atoms with E-state index in [1.54, 1.807) is 10.9 Å². The van der Waals surface area contributed by atoms with E-state index in [0.717, 1.165) is 16.8 Å². The topological polar surface area (TPSA) is 99.0 Å². The van der Waals surface area contributed by atoms with Gasteiger partial charge in [-0.2, -0.15) is 5.10 Å². The molecule has 0 aliphatic carbocycles. The van der Waals surface area contributed by atoms with Crippen LogP contribution in [0.3, 0.4) is 0 Å². The van der Waals surface area contributed by atoms with Gasteiger partial charge in [0, 0.05) is 18.9 Å². The number of halogens is 2. The monoisotopic (exact) mass is 331 g/mol. The molecule has 2 aromatic rings. The van der Waals surface area contributed by atoms with Gasteiger partial charge in [0.05, 0.1) is 11.7 Å². The highest BCUT2D eigenvalue weighted by atomic mass is 35.5. The van der Waals surface area contributed by atoms with Crippen LogP contribution < -0.4 is 16.8 Å². The third-order valence-electron chi connectivity index (χ3n) is 2.93. The molecule has 0 bridgehead atoms. The van der Waals surface area contributed by atoms with Gasteiger partial charge in [-0.05, 0) is 30.2 Å². The second-order valence-corrected chi connectivity index (χ2v) is 4.27. The second kappa shape index (κ2) is 8.51. The number of hydrogen-bond donors (Lipinski definition) is 3. The summed E-state index contributed by atoms with van der Waals surface area (Å²) in [6.45, 7) is 2.26. The van der Waals surface area contributed by atoms with Crippen LogP contribution in [-0.2, 0) is 6.54 Å². The molecule has 6 nitrogen and oxygen atoms in total. The third-order valence-corrected chi connectivity index (χ3v) is 2.93. The molecular weight excluding hydrogens is 313 g/mol. The van der Waals surface area contributed by atoms with E-state index in [4.69, 9.17) is 11.5 Å². The Morgan fingerprint density at radius 3 is 2.67 bits per heavy atom. The van der Waals surface area contributed by atoms with Crippen LogP contribution in [0.2, 0.25) is 0 Å². The molecule has 116 valence electrons. The van der Waals surface area contributed by atoms with E-state index < -0.39 is 6.03 Å². The molecule has 1 atom stereocenters. The maximum absolute atomic E-state index is 10.9. The molecular formula is C13H19Cl2N5O. The van der Waals surface area contributed by atoms with E-state index in [-0.39, 0.29) is 30.9 Å². The first-order valence-corrected chi connectivity index (χ1v) is 6.00. The van der Waals surface area contributed by atoms with Gasteiger partial charge in [-0.1, -0.05) is 12.1 Å². The van der Waals surface area contributed by atoms with Crippen molar-refractivity contribution in [2.75, 3.05) is 0 Å². The average molecular weight is 332 g/mol. The van der Waals surface area contributed by atoms with Gasteiger partial charge in [-0.25, -0.2) is 9.48 Å². The van der Waals surface area contributed by atoms with Gasteiger partial charge < -0.3 is 16.8 Å². The van der Waals surface area contributed by atoms with Crippen molar-refractivity contribution >= 4 is 30.8 Å². The maximum Gasteiger partial charge on any atom is 0.312 e. The van der Waals surface area contributed by atoms with Crippen LogP contribution in [0.5, 0.6) is 0 Å². The molecule has 0 aliphatic heterocycles. The van der Waals surface area contributed by atoms with Crippen LogP contribution in [-0.4, -0.2) is 15.8 Å². The Hall–Kier alpha value is -1.76. The number of carbonyl (C=O) groups excluding carboxylic acids is 1. The molecule has 0 fully saturated rings. The summed E-state index contributed by atoms with van der Waals surface area (Å²) in [5.74, 6) is 0. The molecule has 0 saturated carbocycles. The van der Waals surface area contributed by atoms with E-state index in [1.165, 1.54) is 0 Å². The largest absolute Gasteiger partial charge is 0.352 e. The molecule has 0 saturated heterocycles. The maximum atomic E-state index is 10.9. The first kappa shape index (κ1) is 19.2.